The Labute approximate surface area is 147 Å². The van der Waals surface area contributed by atoms with Crippen molar-refractivity contribution in [1.82, 2.24) is 9.47 Å². The van der Waals surface area contributed by atoms with Gasteiger partial charge in [0.15, 0.2) is 14.6 Å². The quantitative estimate of drug-likeness (QED) is 0.707. The van der Waals surface area contributed by atoms with Crippen LogP contribution < -0.4 is 4.80 Å². The summed E-state index contributed by atoms with van der Waals surface area (Å²) in [7, 11) is -1.63. The van der Waals surface area contributed by atoms with Gasteiger partial charge in [-0.1, -0.05) is 11.3 Å². The van der Waals surface area contributed by atoms with Gasteiger partial charge in [-0.25, -0.2) is 8.42 Å². The molecule has 0 unspecified atom stereocenters. The van der Waals surface area contributed by atoms with Crippen LogP contribution in [0, 0.1) is 0 Å². The molecule has 132 valence electrons. The number of hydrogen-bond donors (Lipinski definition) is 0. The average molecular weight is 381 g/mol. The lowest BCUT2D eigenvalue weighted by molar-refractivity contribution is -0.141. The summed E-state index contributed by atoms with van der Waals surface area (Å²) in [6.07, 6.45) is 1.37. The predicted molar refractivity (Wildman–Crippen MR) is 90.4 cm³/mol. The highest BCUT2D eigenvalue weighted by Gasteiger charge is 2.30. The monoisotopic (exact) mass is 381 g/mol. The summed E-state index contributed by atoms with van der Waals surface area (Å²) >= 11 is 1.16. The third-order valence-electron chi connectivity index (χ3n) is 3.88. The first kappa shape index (κ1) is 17.5. The van der Waals surface area contributed by atoms with Crippen molar-refractivity contribution in [2.75, 3.05) is 12.8 Å². The molecule has 1 aliphatic heterocycles. The summed E-state index contributed by atoms with van der Waals surface area (Å²) in [5.41, 5.74) is 0.734. The van der Waals surface area contributed by atoms with Gasteiger partial charge in [0.1, 0.15) is 6.54 Å². The van der Waals surface area contributed by atoms with Crippen LogP contribution in [-0.4, -0.2) is 48.4 Å². The Morgan fingerprint density at radius 2 is 1.88 bits per heavy atom. The highest BCUT2D eigenvalue weighted by Crippen LogP contribution is 2.21. The molecule has 0 spiro atoms. The van der Waals surface area contributed by atoms with E-state index in [9.17, 15) is 22.8 Å². The zero-order chi connectivity index (χ0) is 18.4. The number of likely N-dealkylation sites (tertiary alicyclic amines) is 1. The number of rotatable bonds is 3. The fourth-order valence-electron chi connectivity index (χ4n) is 2.53. The summed E-state index contributed by atoms with van der Waals surface area (Å²) < 4.78 is 25.6. The molecule has 8 nitrogen and oxygen atoms in total. The first-order valence-corrected chi connectivity index (χ1v) is 10.1. The Kier molecular flexibility index (Phi) is 4.33. The maximum absolute atomic E-state index is 12.1. The molecule has 1 aliphatic rings. The van der Waals surface area contributed by atoms with Gasteiger partial charge in [0.2, 0.25) is 11.8 Å². The van der Waals surface area contributed by atoms with Gasteiger partial charge in [0.25, 0.3) is 5.91 Å². The Bertz CT molecular complexity index is 1060. The van der Waals surface area contributed by atoms with Crippen LogP contribution in [0.4, 0.5) is 0 Å². The van der Waals surface area contributed by atoms with Crippen LogP contribution in [0.3, 0.4) is 0 Å². The minimum Gasteiger partial charge on any atom is -0.319 e. The third kappa shape index (κ3) is 3.40. The van der Waals surface area contributed by atoms with E-state index in [1.54, 1.807) is 17.7 Å². The first-order valence-electron chi connectivity index (χ1n) is 7.37. The van der Waals surface area contributed by atoms with Crippen LogP contribution >= 0.6 is 11.3 Å². The second kappa shape index (κ2) is 6.19. The van der Waals surface area contributed by atoms with Gasteiger partial charge in [-0.05, 0) is 18.2 Å². The molecule has 2 aromatic rings. The number of imide groups is 1. The first-order chi connectivity index (χ1) is 11.7. The van der Waals surface area contributed by atoms with Gasteiger partial charge in [-0.3, -0.25) is 19.3 Å². The van der Waals surface area contributed by atoms with Crippen molar-refractivity contribution < 1.29 is 22.8 Å². The lowest BCUT2D eigenvalue weighted by atomic mass is 10.3. The lowest BCUT2D eigenvalue weighted by Gasteiger charge is -2.09. The van der Waals surface area contributed by atoms with E-state index < -0.39 is 15.7 Å². The Morgan fingerprint density at radius 3 is 2.48 bits per heavy atom. The molecule has 0 atom stereocenters. The van der Waals surface area contributed by atoms with Crippen molar-refractivity contribution in [2.24, 2.45) is 12.0 Å². The van der Waals surface area contributed by atoms with E-state index >= 15 is 0 Å². The van der Waals surface area contributed by atoms with Crippen molar-refractivity contribution >= 4 is 49.1 Å². The third-order valence-corrected chi connectivity index (χ3v) is 6.08. The maximum Gasteiger partial charge on any atom is 0.268 e. The molecule has 0 aliphatic carbocycles. The number of aryl methyl sites for hydroxylation is 1. The molecule has 25 heavy (non-hydrogen) atoms. The lowest BCUT2D eigenvalue weighted by Crippen LogP contribution is -2.34. The molecule has 0 N–H and O–H groups in total. The van der Waals surface area contributed by atoms with Crippen LogP contribution in [0.5, 0.6) is 0 Å². The zero-order valence-electron chi connectivity index (χ0n) is 13.6. The number of sulfone groups is 1. The molecule has 2 heterocycles. The van der Waals surface area contributed by atoms with E-state index in [2.05, 4.69) is 4.99 Å². The molecule has 3 rings (SSSR count). The predicted octanol–water partition coefficient (Wildman–Crippen LogP) is 0.220. The van der Waals surface area contributed by atoms with Gasteiger partial charge in [-0.15, -0.1) is 0 Å². The van der Waals surface area contributed by atoms with Gasteiger partial charge >= 0.3 is 0 Å². The number of nitrogens with zero attached hydrogens (tertiary/aromatic N) is 3. The maximum atomic E-state index is 12.1. The molecular weight excluding hydrogens is 366 g/mol. The van der Waals surface area contributed by atoms with E-state index in [1.165, 1.54) is 12.1 Å². The van der Waals surface area contributed by atoms with Crippen LogP contribution in [0.15, 0.2) is 28.1 Å². The molecule has 1 aromatic heterocycles. The van der Waals surface area contributed by atoms with Gasteiger partial charge < -0.3 is 4.57 Å². The molecular formula is C15H15N3O5S2. The van der Waals surface area contributed by atoms with Crippen molar-refractivity contribution in [3.05, 3.63) is 23.0 Å². The van der Waals surface area contributed by atoms with E-state index in [0.717, 1.165) is 28.0 Å². The molecule has 10 heteroatoms. The van der Waals surface area contributed by atoms with Gasteiger partial charge in [0, 0.05) is 26.1 Å². The second-order valence-corrected chi connectivity index (χ2v) is 8.75. The smallest absolute Gasteiger partial charge is 0.268 e. The standard InChI is InChI=1S/C15H15N3O5S2/c1-17-10-4-3-9(25(2,22)23)7-11(10)24-15(17)16-12(19)8-18-13(20)5-6-14(18)21/h3-4,7H,5-6,8H2,1-2H3. The number of carbonyl (C=O) groups excluding carboxylic acids is 3. The fourth-order valence-corrected chi connectivity index (χ4v) is 4.32. The molecule has 0 radical (unpaired) electrons. The Balaban J connectivity index is 1.96. The minimum absolute atomic E-state index is 0.122. The van der Waals surface area contributed by atoms with E-state index in [-0.39, 0.29) is 36.1 Å². The summed E-state index contributed by atoms with van der Waals surface area (Å²) in [4.78, 5) is 40.7. The van der Waals surface area contributed by atoms with E-state index in [4.69, 9.17) is 0 Å². The number of benzene rings is 1. The van der Waals surface area contributed by atoms with Crippen LogP contribution in [0.25, 0.3) is 10.2 Å². The van der Waals surface area contributed by atoms with Gasteiger partial charge in [-0.2, -0.15) is 4.99 Å². The molecule has 1 fully saturated rings. The second-order valence-electron chi connectivity index (χ2n) is 5.72. The van der Waals surface area contributed by atoms with Gasteiger partial charge in [0.05, 0.1) is 15.1 Å². The number of hydrogen-bond acceptors (Lipinski definition) is 6. The van der Waals surface area contributed by atoms with Crippen LogP contribution in [0.2, 0.25) is 0 Å². The summed E-state index contributed by atoms with van der Waals surface area (Å²) in [5, 5.41) is 0. The molecule has 3 amide bonds. The largest absolute Gasteiger partial charge is 0.319 e. The highest BCUT2D eigenvalue weighted by atomic mass is 32.2. The SMILES string of the molecule is Cn1c(=NC(=O)CN2C(=O)CCC2=O)sc2cc(S(C)(=O)=O)ccc21. The number of fused-ring (bicyclic) bond motifs is 1. The zero-order valence-corrected chi connectivity index (χ0v) is 15.2. The number of amides is 3. The molecule has 1 saturated heterocycles. The van der Waals surface area contributed by atoms with E-state index in [1.807, 2.05) is 0 Å². The summed E-state index contributed by atoms with van der Waals surface area (Å²) in [5.74, 6) is -1.34. The highest BCUT2D eigenvalue weighted by molar-refractivity contribution is 7.90. The average Bonchev–Trinajstić information content (AvgIpc) is 3.00. The molecule has 1 aromatic carbocycles. The van der Waals surface area contributed by atoms with Crippen molar-refractivity contribution in [3.63, 3.8) is 0 Å². The van der Waals surface area contributed by atoms with Crippen LogP contribution in [-0.2, 0) is 31.3 Å². The molecule has 0 bridgehead atoms. The minimum atomic E-state index is -3.33. The Hall–Kier alpha value is -2.33. The number of aromatic nitrogens is 1. The molecule has 0 saturated carbocycles. The normalized spacial score (nSPS) is 16.2. The number of thiazole rings is 1. The number of carbonyl (C=O) groups is 3. The van der Waals surface area contributed by atoms with Crippen molar-refractivity contribution in [3.8, 4) is 0 Å². The van der Waals surface area contributed by atoms with Crippen molar-refractivity contribution in [2.45, 2.75) is 17.7 Å². The summed E-state index contributed by atoms with van der Waals surface area (Å²) in [6.45, 7) is -0.375. The van der Waals surface area contributed by atoms with E-state index in [0.29, 0.717) is 9.50 Å². The van der Waals surface area contributed by atoms with Crippen molar-refractivity contribution in [1.29, 1.82) is 0 Å². The topological polar surface area (TPSA) is 106 Å². The summed E-state index contributed by atoms with van der Waals surface area (Å²) in [6, 6.07) is 4.68. The fraction of sp³-hybridized carbons (Fsp3) is 0.333. The van der Waals surface area contributed by atoms with Crippen LogP contribution in [0.1, 0.15) is 12.8 Å². The Morgan fingerprint density at radius 1 is 1.24 bits per heavy atom.